The zero-order valence-corrected chi connectivity index (χ0v) is 10.5. The maximum absolute atomic E-state index is 9.31. The predicted molar refractivity (Wildman–Crippen MR) is 58.5 cm³/mol. The van der Waals surface area contributed by atoms with Crippen LogP contribution in [0.15, 0.2) is 30.3 Å². The van der Waals surface area contributed by atoms with Crippen LogP contribution in [0.1, 0.15) is 6.42 Å². The summed E-state index contributed by atoms with van der Waals surface area (Å²) < 4.78 is 8.46. The molecule has 0 spiro atoms. The quantitative estimate of drug-likeness (QED) is 0.442. The number of carbonyl (C=O) groups is 1. The van der Waals surface area contributed by atoms with Gasteiger partial charge in [0, 0.05) is 0 Å². The van der Waals surface area contributed by atoms with Crippen LogP contribution in [0.2, 0.25) is 0 Å². The second-order valence-corrected chi connectivity index (χ2v) is 1.97. The molecule has 1 aromatic carbocycles. The fourth-order valence-corrected chi connectivity index (χ4v) is 0.342. The largest absolute Gasteiger partial charge is 2.00 e. The number of hydrogen-bond acceptors (Lipinski definition) is 2. The van der Waals surface area contributed by atoms with E-state index in [1.165, 1.54) is 0 Å². The number of aliphatic carboxylic acids is 1. The minimum absolute atomic E-state index is 0. The van der Waals surface area contributed by atoms with Crippen LogP contribution in [0.5, 0.6) is 0 Å². The van der Waals surface area contributed by atoms with Gasteiger partial charge in [0.25, 0.3) is 5.97 Å². The Balaban J connectivity index is -0.000000148. The van der Waals surface area contributed by atoms with E-state index in [2.05, 4.69) is 13.0 Å². The second-order valence-electron chi connectivity index (χ2n) is 1.80. The molecule has 1 rings (SSSR count). The first-order valence-corrected chi connectivity index (χ1v) is 4.34. The van der Waals surface area contributed by atoms with Gasteiger partial charge in [-0.25, -0.2) is 4.57 Å². The molecule has 0 aliphatic heterocycles. The maximum Gasteiger partial charge on any atom is 2.00 e. The first-order valence-electron chi connectivity index (χ1n) is 3.57. The van der Waals surface area contributed by atoms with Crippen LogP contribution in [0.4, 0.5) is 0 Å². The molecule has 0 saturated heterocycles. The molecule has 0 aromatic heterocycles. The molecule has 6 heteroatoms. The summed E-state index contributed by atoms with van der Waals surface area (Å²) in [4.78, 5) is 16.3. The number of hydrogen-bond donors (Lipinski definition) is 2. The summed E-state index contributed by atoms with van der Waals surface area (Å²) in [5.41, 5.74) is 0. The summed E-state index contributed by atoms with van der Waals surface area (Å²) in [6.45, 7) is 3.09. The van der Waals surface area contributed by atoms with Crippen molar-refractivity contribution in [2.24, 2.45) is 0 Å². The van der Waals surface area contributed by atoms with Gasteiger partial charge in [-0.1, -0.05) is 6.42 Å². The van der Waals surface area contributed by atoms with Gasteiger partial charge in [0.2, 0.25) is 0 Å². The minimum Gasteiger partial charge on any atom is -0.483 e. The summed E-state index contributed by atoms with van der Waals surface area (Å²) in [7, 11) is -0.833. The zero-order chi connectivity index (χ0) is 11.2. The number of benzene rings is 1. The Morgan fingerprint density at radius 3 is 1.73 bits per heavy atom. The Hall–Kier alpha value is -0.484. The van der Waals surface area contributed by atoms with Gasteiger partial charge < -0.3 is 16.9 Å². The van der Waals surface area contributed by atoms with Gasteiger partial charge in [-0.05, 0) is 0 Å². The summed E-state index contributed by atoms with van der Waals surface area (Å²) in [6.07, 6.45) is -0.0278. The smallest absolute Gasteiger partial charge is 0.483 e. The number of rotatable bonds is 1. The van der Waals surface area contributed by atoms with Gasteiger partial charge in [-0.15, -0.1) is 0 Å². The maximum atomic E-state index is 9.31. The number of carboxylic acid groups (broad SMARTS) is 1. The summed E-state index contributed by atoms with van der Waals surface area (Å²) >= 11 is 0. The molecule has 78 valence electrons. The van der Waals surface area contributed by atoms with Crippen molar-refractivity contribution in [2.75, 3.05) is 0 Å². The predicted octanol–water partition coefficient (Wildman–Crippen LogP) is 1.59. The van der Waals surface area contributed by atoms with Gasteiger partial charge >= 0.3 is 31.7 Å². The molecular weight excluding hydrogens is 227 g/mol. The molecule has 0 bridgehead atoms. The summed E-state index contributed by atoms with van der Waals surface area (Å²) in [5, 5.41) is 7.66. The number of carboxylic acids is 1. The van der Waals surface area contributed by atoms with Crippen molar-refractivity contribution in [3.63, 3.8) is 0 Å². The molecule has 0 aliphatic carbocycles. The van der Waals surface area contributed by atoms with Crippen LogP contribution in [-0.2, 0) is 9.36 Å². The second kappa shape index (κ2) is 19.1. The van der Waals surface area contributed by atoms with E-state index in [0.717, 1.165) is 0 Å². The van der Waals surface area contributed by atoms with E-state index < -0.39 is 14.7 Å². The van der Waals surface area contributed by atoms with Crippen molar-refractivity contribution in [2.45, 2.75) is 6.42 Å². The van der Waals surface area contributed by atoms with Gasteiger partial charge in [0.05, 0.1) is 0 Å². The third kappa shape index (κ3) is 31.7. The molecule has 0 fully saturated rings. The molecular formula is C9H11MgO4P. The third-order valence-electron chi connectivity index (χ3n) is 0.821. The Morgan fingerprint density at radius 2 is 1.67 bits per heavy atom. The van der Waals surface area contributed by atoms with Crippen LogP contribution < -0.4 is 0 Å². The molecule has 4 nitrogen and oxygen atoms in total. The van der Waals surface area contributed by atoms with E-state index in [1.807, 2.05) is 30.3 Å². The zero-order valence-electron chi connectivity index (χ0n) is 8.17. The summed E-state index contributed by atoms with van der Waals surface area (Å²) in [6, 6.07) is 12.5. The van der Waals surface area contributed by atoms with Gasteiger partial charge in [-0.3, -0.25) is 4.79 Å². The van der Waals surface area contributed by atoms with Crippen LogP contribution in [0.25, 0.3) is 0 Å². The minimum atomic E-state index is -0.856. The molecule has 0 radical (unpaired) electrons. The Bertz CT molecular complexity index is 204. The van der Waals surface area contributed by atoms with Gasteiger partial charge in [0.1, 0.15) is 0 Å². The molecule has 0 saturated carbocycles. The van der Waals surface area contributed by atoms with Crippen molar-refractivity contribution in [1.29, 1.82) is 0 Å². The molecule has 0 unspecified atom stereocenters. The molecule has 0 amide bonds. The Morgan fingerprint density at radius 1 is 1.33 bits per heavy atom. The van der Waals surface area contributed by atoms with E-state index >= 15 is 0 Å². The Labute approximate surface area is 107 Å². The molecule has 0 atom stereocenters. The molecule has 0 heterocycles. The fourth-order valence-electron chi connectivity index (χ4n) is 0.342. The SMILES string of the molecule is O=PO.[CH2-]CC(=O)O.[Mg+2].[c-]1ccccc1. The Kier molecular flexibility index (Phi) is 25.5. The molecule has 2 N–H and O–H groups in total. The fraction of sp³-hybridized carbons (Fsp3) is 0.111. The van der Waals surface area contributed by atoms with E-state index in [4.69, 9.17) is 14.6 Å². The summed E-state index contributed by atoms with van der Waals surface area (Å²) in [5.74, 6) is -0.856. The van der Waals surface area contributed by atoms with Crippen LogP contribution in [-0.4, -0.2) is 39.0 Å². The van der Waals surface area contributed by atoms with Crippen LogP contribution in [0.3, 0.4) is 0 Å². The van der Waals surface area contributed by atoms with Crippen molar-refractivity contribution in [3.05, 3.63) is 43.3 Å². The van der Waals surface area contributed by atoms with Crippen LogP contribution >= 0.6 is 8.69 Å². The molecule has 15 heavy (non-hydrogen) atoms. The van der Waals surface area contributed by atoms with E-state index in [-0.39, 0.29) is 29.5 Å². The van der Waals surface area contributed by atoms with Crippen molar-refractivity contribution >= 4 is 37.7 Å². The van der Waals surface area contributed by atoms with E-state index in [1.54, 1.807) is 0 Å². The van der Waals surface area contributed by atoms with Crippen molar-refractivity contribution in [3.8, 4) is 0 Å². The normalized spacial score (nSPS) is 7.07. The molecule has 1 aromatic rings. The topological polar surface area (TPSA) is 74.6 Å². The van der Waals surface area contributed by atoms with Crippen molar-refractivity contribution in [1.82, 2.24) is 0 Å². The monoisotopic (exact) mass is 238 g/mol. The van der Waals surface area contributed by atoms with E-state index in [0.29, 0.717) is 0 Å². The first-order chi connectivity index (χ1) is 6.68. The van der Waals surface area contributed by atoms with Crippen molar-refractivity contribution < 1.29 is 19.4 Å². The third-order valence-corrected chi connectivity index (χ3v) is 0.821. The van der Waals surface area contributed by atoms with Gasteiger partial charge in [-0.2, -0.15) is 36.4 Å². The average molecular weight is 238 g/mol. The molecule has 0 aliphatic rings. The van der Waals surface area contributed by atoms with Crippen LogP contribution in [0, 0.1) is 13.0 Å². The first kappa shape index (κ1) is 20.0. The standard InChI is InChI=1S/C6H5.C3H5O2.Mg.HO2P/c1-2-4-6-5-3-1;1-2-3(4)5;;1-3-2/h1-5H;1-2H2,(H,4,5);;(H,1,2)/q2*-1;+2;. The average Bonchev–Trinajstić information content (AvgIpc) is 2.22. The van der Waals surface area contributed by atoms with E-state index in [9.17, 15) is 4.79 Å². The van der Waals surface area contributed by atoms with Gasteiger partial charge in [0.15, 0.2) is 0 Å².